The van der Waals surface area contributed by atoms with Crippen molar-refractivity contribution < 1.29 is 0 Å². The third-order valence-corrected chi connectivity index (χ3v) is 4.92. The van der Waals surface area contributed by atoms with E-state index in [1.165, 1.54) is 45.1 Å². The highest BCUT2D eigenvalue weighted by atomic mass is 15.0. The summed E-state index contributed by atoms with van der Waals surface area (Å²) in [5.41, 5.74) is 0.495. The fourth-order valence-electron chi connectivity index (χ4n) is 4.01. The van der Waals surface area contributed by atoms with Crippen molar-refractivity contribution in [2.75, 3.05) is 6.54 Å². The molecule has 0 aromatic rings. The Morgan fingerprint density at radius 1 is 1.20 bits per heavy atom. The molecule has 1 aliphatic heterocycles. The van der Waals surface area contributed by atoms with Crippen molar-refractivity contribution in [3.63, 3.8) is 0 Å². The van der Waals surface area contributed by atoms with E-state index in [-0.39, 0.29) is 0 Å². The molecule has 2 aliphatic rings. The molecule has 1 aliphatic carbocycles. The maximum Gasteiger partial charge on any atom is 0.0233 e. The summed E-state index contributed by atoms with van der Waals surface area (Å²) in [4.78, 5) is 0. The van der Waals surface area contributed by atoms with Gasteiger partial charge in [-0.05, 0) is 50.0 Å². The van der Waals surface area contributed by atoms with Gasteiger partial charge in [-0.15, -0.1) is 0 Å². The Hall–Kier alpha value is -0.0400. The Balaban J connectivity index is 2.10. The highest BCUT2D eigenvalue weighted by Crippen LogP contribution is 2.43. The van der Waals surface area contributed by atoms with Crippen LogP contribution in [0.25, 0.3) is 0 Å². The monoisotopic (exact) mass is 209 g/mol. The molecule has 3 unspecified atom stereocenters. The average molecular weight is 209 g/mol. The van der Waals surface area contributed by atoms with Crippen LogP contribution < -0.4 is 5.32 Å². The van der Waals surface area contributed by atoms with E-state index < -0.39 is 0 Å². The van der Waals surface area contributed by atoms with Crippen LogP contribution in [0.3, 0.4) is 0 Å². The summed E-state index contributed by atoms with van der Waals surface area (Å²) in [6.45, 7) is 8.52. The molecule has 1 heterocycles. The highest BCUT2D eigenvalue weighted by Gasteiger charge is 2.44. The van der Waals surface area contributed by atoms with Gasteiger partial charge in [-0.3, -0.25) is 0 Å². The molecular formula is C14H27N. The Bertz CT molecular complexity index is 203. The summed E-state index contributed by atoms with van der Waals surface area (Å²) < 4.78 is 0. The number of hydrogen-bond acceptors (Lipinski definition) is 1. The Morgan fingerprint density at radius 2 is 2.00 bits per heavy atom. The molecule has 0 aromatic heterocycles. The molecule has 3 atom stereocenters. The third-order valence-electron chi connectivity index (χ3n) is 4.92. The lowest BCUT2D eigenvalue weighted by atomic mass is 9.66. The average Bonchev–Trinajstić information content (AvgIpc) is 2.67. The lowest BCUT2D eigenvalue weighted by Gasteiger charge is -2.45. The standard InChI is InChI=1S/C14H27N/c1-11(2)14(8-5-9-15-14)13-7-4-6-12(3)10-13/h11-13,15H,4-10H2,1-3H3. The molecule has 2 rings (SSSR count). The molecule has 1 saturated carbocycles. The number of hydrogen-bond donors (Lipinski definition) is 1. The van der Waals surface area contributed by atoms with Crippen LogP contribution in [-0.2, 0) is 0 Å². The van der Waals surface area contributed by atoms with Crippen LogP contribution in [0.15, 0.2) is 0 Å². The van der Waals surface area contributed by atoms with Gasteiger partial charge in [0.25, 0.3) is 0 Å². The van der Waals surface area contributed by atoms with Crippen LogP contribution in [0, 0.1) is 17.8 Å². The Kier molecular flexibility index (Phi) is 3.39. The SMILES string of the molecule is CC1CCCC(C2(C(C)C)CCCN2)C1. The summed E-state index contributed by atoms with van der Waals surface area (Å²) in [5, 5.41) is 3.86. The van der Waals surface area contributed by atoms with Crippen molar-refractivity contribution in [2.45, 2.75) is 64.8 Å². The van der Waals surface area contributed by atoms with Crippen LogP contribution in [-0.4, -0.2) is 12.1 Å². The number of nitrogens with one attached hydrogen (secondary N) is 1. The third kappa shape index (κ3) is 2.08. The fourth-order valence-corrected chi connectivity index (χ4v) is 4.01. The molecule has 1 N–H and O–H groups in total. The minimum absolute atomic E-state index is 0.495. The van der Waals surface area contributed by atoms with E-state index in [9.17, 15) is 0 Å². The predicted octanol–water partition coefficient (Wildman–Crippen LogP) is 3.59. The molecule has 1 saturated heterocycles. The van der Waals surface area contributed by atoms with Crippen molar-refractivity contribution in [3.8, 4) is 0 Å². The molecule has 1 heteroatoms. The van der Waals surface area contributed by atoms with Crippen LogP contribution in [0.2, 0.25) is 0 Å². The summed E-state index contributed by atoms with van der Waals surface area (Å²) in [6, 6.07) is 0. The molecular weight excluding hydrogens is 182 g/mol. The smallest absolute Gasteiger partial charge is 0.0233 e. The minimum atomic E-state index is 0.495. The van der Waals surface area contributed by atoms with Crippen molar-refractivity contribution in [1.82, 2.24) is 5.32 Å². The second-order valence-corrected chi connectivity index (χ2v) is 6.19. The van der Waals surface area contributed by atoms with Gasteiger partial charge in [0.05, 0.1) is 0 Å². The van der Waals surface area contributed by atoms with Gasteiger partial charge in [0.15, 0.2) is 0 Å². The second-order valence-electron chi connectivity index (χ2n) is 6.19. The summed E-state index contributed by atoms with van der Waals surface area (Å²) in [5.74, 6) is 2.71. The molecule has 0 spiro atoms. The van der Waals surface area contributed by atoms with Gasteiger partial charge >= 0.3 is 0 Å². The zero-order chi connectivity index (χ0) is 10.9. The first kappa shape index (κ1) is 11.4. The highest BCUT2D eigenvalue weighted by molar-refractivity contribution is 5.01. The molecule has 1 nitrogen and oxygen atoms in total. The molecule has 0 radical (unpaired) electrons. The van der Waals surface area contributed by atoms with Gasteiger partial charge in [0.2, 0.25) is 0 Å². The van der Waals surface area contributed by atoms with E-state index in [1.54, 1.807) is 0 Å². The molecule has 2 fully saturated rings. The Labute approximate surface area is 95.0 Å². The van der Waals surface area contributed by atoms with Gasteiger partial charge in [0, 0.05) is 5.54 Å². The molecule has 0 amide bonds. The van der Waals surface area contributed by atoms with Crippen molar-refractivity contribution >= 4 is 0 Å². The first-order valence-corrected chi connectivity index (χ1v) is 6.90. The molecule has 88 valence electrons. The summed E-state index contributed by atoms with van der Waals surface area (Å²) in [6.07, 6.45) is 8.67. The van der Waals surface area contributed by atoms with Gasteiger partial charge in [-0.1, -0.05) is 33.6 Å². The van der Waals surface area contributed by atoms with Crippen LogP contribution in [0.1, 0.15) is 59.3 Å². The maximum absolute atomic E-state index is 3.86. The summed E-state index contributed by atoms with van der Waals surface area (Å²) >= 11 is 0. The van der Waals surface area contributed by atoms with Gasteiger partial charge in [-0.2, -0.15) is 0 Å². The lowest BCUT2D eigenvalue weighted by molar-refractivity contribution is 0.109. The fraction of sp³-hybridized carbons (Fsp3) is 1.00. The topological polar surface area (TPSA) is 12.0 Å². The first-order chi connectivity index (χ1) is 7.15. The van der Waals surface area contributed by atoms with E-state index in [4.69, 9.17) is 0 Å². The maximum atomic E-state index is 3.86. The molecule has 15 heavy (non-hydrogen) atoms. The summed E-state index contributed by atoms with van der Waals surface area (Å²) in [7, 11) is 0. The quantitative estimate of drug-likeness (QED) is 0.733. The van der Waals surface area contributed by atoms with E-state index in [0.717, 1.165) is 17.8 Å². The van der Waals surface area contributed by atoms with Gasteiger partial charge in [-0.25, -0.2) is 0 Å². The zero-order valence-corrected chi connectivity index (χ0v) is 10.7. The zero-order valence-electron chi connectivity index (χ0n) is 10.7. The van der Waals surface area contributed by atoms with Crippen molar-refractivity contribution in [3.05, 3.63) is 0 Å². The first-order valence-electron chi connectivity index (χ1n) is 6.90. The van der Waals surface area contributed by atoms with Crippen LogP contribution in [0.4, 0.5) is 0 Å². The van der Waals surface area contributed by atoms with Gasteiger partial charge < -0.3 is 5.32 Å². The van der Waals surface area contributed by atoms with E-state index >= 15 is 0 Å². The lowest BCUT2D eigenvalue weighted by Crippen LogP contribution is -2.52. The van der Waals surface area contributed by atoms with E-state index in [2.05, 4.69) is 26.1 Å². The van der Waals surface area contributed by atoms with Gasteiger partial charge in [0.1, 0.15) is 0 Å². The largest absolute Gasteiger partial charge is 0.311 e. The van der Waals surface area contributed by atoms with Crippen molar-refractivity contribution in [2.24, 2.45) is 17.8 Å². The minimum Gasteiger partial charge on any atom is -0.311 e. The van der Waals surface area contributed by atoms with Crippen LogP contribution in [0.5, 0.6) is 0 Å². The normalized spacial score (nSPS) is 42.4. The molecule has 0 bridgehead atoms. The Morgan fingerprint density at radius 3 is 2.53 bits per heavy atom. The predicted molar refractivity (Wildman–Crippen MR) is 65.9 cm³/mol. The van der Waals surface area contributed by atoms with E-state index in [1.807, 2.05) is 0 Å². The van der Waals surface area contributed by atoms with Crippen LogP contribution >= 0.6 is 0 Å². The number of rotatable bonds is 2. The second kappa shape index (κ2) is 4.45. The molecule has 0 aromatic carbocycles. The van der Waals surface area contributed by atoms with Crippen molar-refractivity contribution in [1.29, 1.82) is 0 Å². The van der Waals surface area contributed by atoms with E-state index in [0.29, 0.717) is 5.54 Å².